The molecule has 1 rings (SSSR count). The second-order valence-electron chi connectivity index (χ2n) is 2.19. The Kier molecular flexibility index (Phi) is 5.49. The Morgan fingerprint density at radius 1 is 1.69 bits per heavy atom. The highest BCUT2D eigenvalue weighted by molar-refractivity contribution is 7.17. The van der Waals surface area contributed by atoms with E-state index in [1.165, 1.54) is 7.11 Å². The van der Waals surface area contributed by atoms with Crippen LogP contribution in [0.15, 0.2) is 6.07 Å². The van der Waals surface area contributed by atoms with Crippen LogP contribution in [0, 0.1) is 10.1 Å². The first-order chi connectivity index (χ1) is 7.43. The molecule has 0 saturated heterocycles. The van der Waals surface area contributed by atoms with Gasteiger partial charge < -0.3 is 14.9 Å². The minimum absolute atomic E-state index is 0.375. The number of methoxy groups -OCH3 is 1. The van der Waals surface area contributed by atoms with Gasteiger partial charge >= 0.3 is 11.0 Å². The molecule has 88 valence electrons. The molecule has 1 heterocycles. The summed E-state index contributed by atoms with van der Waals surface area (Å²) >= 11 is 0.427. The fourth-order valence-corrected chi connectivity index (χ4v) is 1.32. The molecule has 0 aliphatic carbocycles. The number of nitrogens with zero attached hydrogens (tertiary/aromatic N) is 1. The molecule has 0 aliphatic heterocycles. The first kappa shape index (κ1) is 13.8. The predicted molar refractivity (Wildman–Crippen MR) is 52.7 cm³/mol. The molecule has 1 aromatic heterocycles. The lowest BCUT2D eigenvalue weighted by Crippen LogP contribution is -1.90. The van der Waals surface area contributed by atoms with Crippen molar-refractivity contribution in [3.63, 3.8) is 0 Å². The lowest BCUT2D eigenvalue weighted by Gasteiger charge is -1.84. The van der Waals surface area contributed by atoms with Crippen LogP contribution in [0.5, 0.6) is 5.75 Å². The molecule has 0 unspecified atom stereocenters. The van der Waals surface area contributed by atoms with E-state index in [1.54, 1.807) is 0 Å². The number of thiophene rings is 1. The molecule has 0 bridgehead atoms. The Morgan fingerprint density at radius 3 is 2.38 bits per heavy atom. The zero-order valence-electron chi connectivity index (χ0n) is 7.95. The Labute approximate surface area is 92.9 Å². The van der Waals surface area contributed by atoms with E-state index in [0.717, 1.165) is 6.07 Å². The normalized spacial score (nSPS) is 8.56. The van der Waals surface area contributed by atoms with Crippen LogP contribution in [0.1, 0.15) is 9.67 Å². The van der Waals surface area contributed by atoms with E-state index >= 15 is 0 Å². The number of ether oxygens (including phenoxy) is 1. The third kappa shape index (κ3) is 3.92. The highest BCUT2D eigenvalue weighted by atomic mass is 32.1. The van der Waals surface area contributed by atoms with E-state index in [1.807, 2.05) is 0 Å². The Morgan fingerprint density at radius 2 is 2.19 bits per heavy atom. The molecule has 0 radical (unpaired) electrons. The van der Waals surface area contributed by atoms with Crippen molar-refractivity contribution in [2.24, 2.45) is 0 Å². The van der Waals surface area contributed by atoms with E-state index in [9.17, 15) is 14.9 Å². The van der Waals surface area contributed by atoms with Crippen molar-refractivity contribution in [3.05, 3.63) is 21.1 Å². The Hall–Kier alpha value is -2.16. The monoisotopic (exact) mass is 249 g/mol. The molecule has 0 saturated carbocycles. The van der Waals surface area contributed by atoms with Crippen LogP contribution in [0.2, 0.25) is 0 Å². The number of carbonyl (C=O) groups excluding carboxylic acids is 1. The van der Waals surface area contributed by atoms with Gasteiger partial charge in [-0.05, 0) is 0 Å². The number of nitro groups is 1. The second kappa shape index (κ2) is 6.35. The van der Waals surface area contributed by atoms with Gasteiger partial charge in [-0.2, -0.15) is 0 Å². The fourth-order valence-electron chi connectivity index (χ4n) is 0.612. The van der Waals surface area contributed by atoms with E-state index < -0.39 is 21.5 Å². The van der Waals surface area contributed by atoms with Crippen molar-refractivity contribution in [2.75, 3.05) is 7.11 Å². The van der Waals surface area contributed by atoms with Crippen LogP contribution in [-0.2, 0) is 9.53 Å². The molecular weight excluding hydrogens is 242 g/mol. The standard InChI is InChI=1S/C5H3NO5S.C2H4O2/c7-2-1-3(6(10)11)12-4(2)5(8)9;1-4-2-3/h1,7H,(H,8,9);2H,1H3. The summed E-state index contributed by atoms with van der Waals surface area (Å²) in [6, 6.07) is 0.814. The Bertz CT molecular complexity index is 399. The summed E-state index contributed by atoms with van der Waals surface area (Å²) in [5.74, 6) is -1.94. The zero-order chi connectivity index (χ0) is 12.7. The summed E-state index contributed by atoms with van der Waals surface area (Å²) in [4.78, 5) is 28.2. The quantitative estimate of drug-likeness (QED) is 0.461. The number of carbonyl (C=O) groups is 2. The van der Waals surface area contributed by atoms with Crippen molar-refractivity contribution in [3.8, 4) is 5.75 Å². The fraction of sp³-hybridized carbons (Fsp3) is 0.143. The highest BCUT2D eigenvalue weighted by Crippen LogP contribution is 2.33. The number of carboxylic acids is 1. The first-order valence-electron chi connectivity index (χ1n) is 3.61. The largest absolute Gasteiger partial charge is 0.506 e. The van der Waals surface area contributed by atoms with Crippen molar-refractivity contribution in [2.45, 2.75) is 0 Å². The van der Waals surface area contributed by atoms with Crippen LogP contribution in [-0.4, -0.2) is 34.7 Å². The minimum atomic E-state index is -1.37. The SMILES string of the molecule is COC=O.O=C(O)c1sc([N+](=O)[O-])cc1O. The lowest BCUT2D eigenvalue weighted by atomic mass is 10.4. The number of carboxylic acid groups (broad SMARTS) is 1. The first-order valence-corrected chi connectivity index (χ1v) is 4.42. The molecule has 1 aromatic rings. The predicted octanol–water partition coefficient (Wildman–Crippen LogP) is 0.849. The summed E-state index contributed by atoms with van der Waals surface area (Å²) < 4.78 is 3.86. The number of rotatable bonds is 3. The van der Waals surface area contributed by atoms with Gasteiger partial charge in [-0.15, -0.1) is 0 Å². The minimum Gasteiger partial charge on any atom is -0.506 e. The lowest BCUT2D eigenvalue weighted by molar-refractivity contribution is -0.380. The molecule has 0 atom stereocenters. The maximum absolute atomic E-state index is 10.3. The van der Waals surface area contributed by atoms with Crippen molar-refractivity contribution in [1.29, 1.82) is 0 Å². The average molecular weight is 249 g/mol. The summed E-state index contributed by atoms with van der Waals surface area (Å²) in [7, 11) is 1.31. The van der Waals surface area contributed by atoms with Gasteiger partial charge in [0.1, 0.15) is 5.75 Å². The summed E-state index contributed by atoms with van der Waals surface area (Å²) in [6.07, 6.45) is 0. The van der Waals surface area contributed by atoms with Gasteiger partial charge in [0.15, 0.2) is 4.88 Å². The molecule has 0 aromatic carbocycles. The van der Waals surface area contributed by atoms with E-state index in [-0.39, 0.29) is 5.00 Å². The van der Waals surface area contributed by atoms with Gasteiger partial charge in [0.2, 0.25) is 0 Å². The van der Waals surface area contributed by atoms with E-state index in [0.29, 0.717) is 17.8 Å². The van der Waals surface area contributed by atoms with Crippen LogP contribution in [0.3, 0.4) is 0 Å². The van der Waals surface area contributed by atoms with Gasteiger partial charge in [0.25, 0.3) is 6.47 Å². The van der Waals surface area contributed by atoms with Crippen LogP contribution >= 0.6 is 11.3 Å². The summed E-state index contributed by atoms with van der Waals surface area (Å²) in [6.45, 7) is 0.375. The van der Waals surface area contributed by atoms with Gasteiger partial charge in [-0.3, -0.25) is 14.9 Å². The molecule has 9 heteroatoms. The average Bonchev–Trinajstić information content (AvgIpc) is 2.61. The van der Waals surface area contributed by atoms with E-state index in [2.05, 4.69) is 4.74 Å². The maximum Gasteiger partial charge on any atom is 0.349 e. The van der Waals surface area contributed by atoms with Crippen molar-refractivity contribution in [1.82, 2.24) is 0 Å². The third-order valence-electron chi connectivity index (χ3n) is 1.17. The van der Waals surface area contributed by atoms with Crippen LogP contribution < -0.4 is 0 Å². The smallest absolute Gasteiger partial charge is 0.349 e. The van der Waals surface area contributed by atoms with Crippen molar-refractivity contribution < 1.29 is 29.5 Å². The molecule has 0 amide bonds. The van der Waals surface area contributed by atoms with Crippen molar-refractivity contribution >= 4 is 28.8 Å². The summed E-state index contributed by atoms with van der Waals surface area (Å²) in [5, 5.41) is 27.0. The third-order valence-corrected chi connectivity index (χ3v) is 2.23. The second-order valence-corrected chi connectivity index (χ2v) is 3.22. The number of hydrogen-bond acceptors (Lipinski definition) is 7. The molecule has 0 fully saturated rings. The Balaban J connectivity index is 0.000000487. The topological polar surface area (TPSA) is 127 Å². The number of aromatic hydroxyl groups is 1. The van der Waals surface area contributed by atoms with Gasteiger partial charge in [-0.1, -0.05) is 11.3 Å². The number of hydrogen-bond donors (Lipinski definition) is 2. The molecule has 16 heavy (non-hydrogen) atoms. The highest BCUT2D eigenvalue weighted by Gasteiger charge is 2.20. The molecule has 8 nitrogen and oxygen atoms in total. The maximum atomic E-state index is 10.3. The molecule has 0 aliphatic rings. The zero-order valence-corrected chi connectivity index (χ0v) is 8.76. The van der Waals surface area contributed by atoms with Gasteiger partial charge in [0, 0.05) is 0 Å². The van der Waals surface area contributed by atoms with Gasteiger partial charge in [0.05, 0.1) is 18.1 Å². The molecule has 2 N–H and O–H groups in total. The molecular formula is C7H7NO7S. The summed E-state index contributed by atoms with van der Waals surface area (Å²) in [5.41, 5.74) is 0. The van der Waals surface area contributed by atoms with Gasteiger partial charge in [-0.25, -0.2) is 4.79 Å². The van der Waals surface area contributed by atoms with E-state index in [4.69, 9.17) is 15.0 Å². The molecule has 0 spiro atoms. The van der Waals surface area contributed by atoms with Crippen LogP contribution in [0.4, 0.5) is 5.00 Å². The number of aromatic carboxylic acids is 1. The van der Waals surface area contributed by atoms with Crippen LogP contribution in [0.25, 0.3) is 0 Å².